The zero-order chi connectivity index (χ0) is 22.7. The van der Waals surface area contributed by atoms with Gasteiger partial charge < -0.3 is 10.1 Å². The third-order valence-electron chi connectivity index (χ3n) is 5.00. The van der Waals surface area contributed by atoms with E-state index in [0.29, 0.717) is 29.2 Å². The van der Waals surface area contributed by atoms with Gasteiger partial charge in [0.15, 0.2) is 5.16 Å². The van der Waals surface area contributed by atoms with E-state index in [2.05, 4.69) is 10.3 Å². The molecule has 0 spiro atoms. The molecule has 3 aromatic rings. The molecular formula is C21H19ClN4O5S. The van der Waals surface area contributed by atoms with Crippen LogP contribution in [0.15, 0.2) is 52.4 Å². The van der Waals surface area contributed by atoms with E-state index in [9.17, 15) is 19.7 Å². The maximum Gasteiger partial charge on any atom is 0.292 e. The van der Waals surface area contributed by atoms with Gasteiger partial charge in [0.1, 0.15) is 5.69 Å². The number of thioether (sulfide) groups is 1. The van der Waals surface area contributed by atoms with Crippen LogP contribution in [-0.4, -0.2) is 38.8 Å². The molecule has 1 saturated heterocycles. The highest BCUT2D eigenvalue weighted by Crippen LogP contribution is 2.28. The van der Waals surface area contributed by atoms with Crippen LogP contribution in [0.1, 0.15) is 12.8 Å². The number of halogens is 1. The van der Waals surface area contributed by atoms with Gasteiger partial charge >= 0.3 is 0 Å². The molecule has 1 aliphatic heterocycles. The van der Waals surface area contributed by atoms with Crippen molar-refractivity contribution in [1.82, 2.24) is 9.55 Å². The zero-order valence-corrected chi connectivity index (χ0v) is 18.4. The Morgan fingerprint density at radius 3 is 2.91 bits per heavy atom. The molecule has 1 N–H and O–H groups in total. The average Bonchev–Trinajstić information content (AvgIpc) is 3.28. The number of benzene rings is 2. The van der Waals surface area contributed by atoms with E-state index in [1.165, 1.54) is 22.8 Å². The topological polar surface area (TPSA) is 116 Å². The Morgan fingerprint density at radius 2 is 2.16 bits per heavy atom. The molecule has 32 heavy (non-hydrogen) atoms. The molecule has 1 unspecified atom stereocenters. The van der Waals surface area contributed by atoms with Crippen LogP contribution < -0.4 is 10.9 Å². The van der Waals surface area contributed by atoms with E-state index in [-0.39, 0.29) is 33.8 Å². The number of carbonyl (C=O) groups excluding carboxylic acids is 1. The number of hydrogen-bond acceptors (Lipinski definition) is 7. The molecule has 166 valence electrons. The summed E-state index contributed by atoms with van der Waals surface area (Å²) in [5.41, 5.74) is 0.0946. The summed E-state index contributed by atoms with van der Waals surface area (Å²) in [6, 6.07) is 11.0. The molecule has 0 saturated carbocycles. The Labute approximate surface area is 191 Å². The number of carbonyl (C=O) groups is 1. The summed E-state index contributed by atoms with van der Waals surface area (Å²) in [6.45, 7) is 1.00. The van der Waals surface area contributed by atoms with Crippen LogP contribution in [0.4, 0.5) is 11.4 Å². The van der Waals surface area contributed by atoms with Crippen LogP contribution in [0.2, 0.25) is 5.02 Å². The molecule has 0 bridgehead atoms. The lowest BCUT2D eigenvalue weighted by atomic mass is 10.2. The first-order chi connectivity index (χ1) is 15.4. The number of hydrogen-bond donors (Lipinski definition) is 1. The summed E-state index contributed by atoms with van der Waals surface area (Å²) < 4.78 is 7.22. The molecule has 9 nitrogen and oxygen atoms in total. The lowest BCUT2D eigenvalue weighted by molar-refractivity contribution is -0.383. The lowest BCUT2D eigenvalue weighted by Crippen LogP contribution is -2.29. The van der Waals surface area contributed by atoms with Crippen LogP contribution in [-0.2, 0) is 16.1 Å². The third kappa shape index (κ3) is 4.93. The maximum atomic E-state index is 13.1. The largest absolute Gasteiger partial charge is 0.376 e. The van der Waals surface area contributed by atoms with Crippen molar-refractivity contribution in [2.75, 3.05) is 17.7 Å². The van der Waals surface area contributed by atoms with Crippen molar-refractivity contribution in [3.8, 4) is 0 Å². The number of nitro benzene ring substituents is 1. The lowest BCUT2D eigenvalue weighted by Gasteiger charge is -2.16. The van der Waals surface area contributed by atoms with Crippen LogP contribution in [0.5, 0.6) is 0 Å². The maximum absolute atomic E-state index is 13.1. The number of amides is 1. The number of para-hydroxylation sites is 1. The fourth-order valence-electron chi connectivity index (χ4n) is 3.49. The van der Waals surface area contributed by atoms with E-state index in [4.69, 9.17) is 16.3 Å². The Kier molecular flexibility index (Phi) is 6.73. The molecule has 1 aliphatic rings. The quantitative estimate of drug-likeness (QED) is 0.239. The van der Waals surface area contributed by atoms with Gasteiger partial charge in [0.2, 0.25) is 5.91 Å². The number of nitrogens with one attached hydrogen (secondary N) is 1. The van der Waals surface area contributed by atoms with Crippen molar-refractivity contribution in [2.45, 2.75) is 30.6 Å². The fourth-order valence-corrected chi connectivity index (χ4v) is 4.48. The summed E-state index contributed by atoms with van der Waals surface area (Å²) in [7, 11) is 0. The highest BCUT2D eigenvalue weighted by Gasteiger charge is 2.21. The molecule has 1 atom stereocenters. The van der Waals surface area contributed by atoms with Crippen LogP contribution in [0, 0.1) is 10.1 Å². The monoisotopic (exact) mass is 474 g/mol. The number of nitro groups is 1. The minimum atomic E-state index is -0.594. The minimum absolute atomic E-state index is 0.0105. The molecule has 2 aromatic carbocycles. The Hall–Kier alpha value is -2.95. The van der Waals surface area contributed by atoms with Gasteiger partial charge in [0, 0.05) is 17.7 Å². The first-order valence-corrected chi connectivity index (χ1v) is 11.3. The SMILES string of the molecule is O=C(CSc1nc2ccccc2c(=O)n1CC1CCCO1)Nc1cc(Cl)ccc1[N+](=O)[O-]. The van der Waals surface area contributed by atoms with Gasteiger partial charge in [0.25, 0.3) is 11.2 Å². The smallest absolute Gasteiger partial charge is 0.292 e. The molecule has 1 aromatic heterocycles. The number of anilines is 1. The minimum Gasteiger partial charge on any atom is -0.376 e. The molecule has 2 heterocycles. The number of rotatable bonds is 7. The van der Waals surface area contributed by atoms with Gasteiger partial charge in [-0.1, -0.05) is 35.5 Å². The van der Waals surface area contributed by atoms with E-state index in [1.807, 2.05) is 0 Å². The fraction of sp³-hybridized carbons (Fsp3) is 0.286. The van der Waals surface area contributed by atoms with Gasteiger partial charge in [-0.15, -0.1) is 0 Å². The standard InChI is InChI=1S/C21H19ClN4O5S/c22-13-7-8-18(26(29)30)17(10-13)23-19(27)12-32-21-24-16-6-2-1-5-15(16)20(28)25(21)11-14-4-3-9-31-14/h1-2,5-8,10,14H,3-4,9,11-12H2,(H,23,27). The Morgan fingerprint density at radius 1 is 1.34 bits per heavy atom. The highest BCUT2D eigenvalue weighted by atomic mass is 35.5. The van der Waals surface area contributed by atoms with Crippen molar-refractivity contribution in [3.63, 3.8) is 0 Å². The van der Waals surface area contributed by atoms with Gasteiger partial charge in [-0.25, -0.2) is 4.98 Å². The summed E-state index contributed by atoms with van der Waals surface area (Å²) in [5, 5.41) is 14.9. The van der Waals surface area contributed by atoms with E-state index < -0.39 is 10.8 Å². The second-order valence-corrected chi connectivity index (χ2v) is 8.60. The first kappa shape index (κ1) is 22.3. The van der Waals surface area contributed by atoms with Gasteiger partial charge in [-0.05, 0) is 37.1 Å². The number of nitrogens with zero attached hydrogens (tertiary/aromatic N) is 3. The van der Waals surface area contributed by atoms with Crippen molar-refractivity contribution in [2.24, 2.45) is 0 Å². The second-order valence-electron chi connectivity index (χ2n) is 7.22. The summed E-state index contributed by atoms with van der Waals surface area (Å²) in [5.74, 6) is -0.577. The predicted molar refractivity (Wildman–Crippen MR) is 122 cm³/mol. The van der Waals surface area contributed by atoms with Crippen LogP contribution >= 0.6 is 23.4 Å². The van der Waals surface area contributed by atoms with Gasteiger partial charge in [-0.3, -0.25) is 24.3 Å². The number of fused-ring (bicyclic) bond motifs is 1. The van der Waals surface area contributed by atoms with Gasteiger partial charge in [0.05, 0.1) is 34.2 Å². The molecule has 1 fully saturated rings. The first-order valence-electron chi connectivity index (χ1n) is 9.90. The summed E-state index contributed by atoms with van der Waals surface area (Å²) in [6.07, 6.45) is 1.70. The molecule has 0 radical (unpaired) electrons. The number of aromatic nitrogens is 2. The van der Waals surface area contributed by atoms with Crippen molar-refractivity contribution in [3.05, 3.63) is 68.0 Å². The Bertz CT molecular complexity index is 1240. The summed E-state index contributed by atoms with van der Waals surface area (Å²) in [4.78, 5) is 40.8. The van der Waals surface area contributed by atoms with Gasteiger partial charge in [-0.2, -0.15) is 0 Å². The molecule has 4 rings (SSSR count). The molecule has 1 amide bonds. The van der Waals surface area contributed by atoms with Crippen molar-refractivity contribution in [1.29, 1.82) is 0 Å². The second kappa shape index (κ2) is 9.68. The summed E-state index contributed by atoms with van der Waals surface area (Å²) >= 11 is 7.00. The van der Waals surface area contributed by atoms with Crippen LogP contribution in [0.25, 0.3) is 10.9 Å². The van der Waals surface area contributed by atoms with Crippen LogP contribution in [0.3, 0.4) is 0 Å². The Balaban J connectivity index is 1.57. The van der Waals surface area contributed by atoms with E-state index >= 15 is 0 Å². The number of ether oxygens (including phenoxy) is 1. The van der Waals surface area contributed by atoms with E-state index in [0.717, 1.165) is 24.6 Å². The zero-order valence-electron chi connectivity index (χ0n) is 16.8. The predicted octanol–water partition coefficient (Wildman–Crippen LogP) is 3.87. The van der Waals surface area contributed by atoms with Crippen molar-refractivity contribution >= 4 is 51.5 Å². The normalized spacial score (nSPS) is 15.7. The van der Waals surface area contributed by atoms with Crippen molar-refractivity contribution < 1.29 is 14.5 Å². The average molecular weight is 475 g/mol. The molecular weight excluding hydrogens is 456 g/mol. The highest BCUT2D eigenvalue weighted by molar-refractivity contribution is 7.99. The molecule has 11 heteroatoms. The van der Waals surface area contributed by atoms with E-state index in [1.54, 1.807) is 24.3 Å². The third-order valence-corrected chi connectivity index (χ3v) is 6.21. The molecule has 0 aliphatic carbocycles.